The monoisotopic (exact) mass is 624 g/mol. The second-order valence-electron chi connectivity index (χ2n) is 8.16. The number of nitrogens with one attached hydrogen (secondary N) is 1. The third kappa shape index (κ3) is 7.65. The van der Waals surface area contributed by atoms with Gasteiger partial charge in [0.2, 0.25) is 10.0 Å². The lowest BCUT2D eigenvalue weighted by Gasteiger charge is -2.26. The number of alkyl halides is 3. The Morgan fingerprint density at radius 3 is 2.32 bits per heavy atom. The van der Waals surface area contributed by atoms with Crippen molar-refractivity contribution in [2.24, 2.45) is 0 Å². The van der Waals surface area contributed by atoms with E-state index in [1.165, 1.54) is 11.8 Å². The molecule has 1 fully saturated rings. The van der Waals surface area contributed by atoms with Gasteiger partial charge in [0.05, 0.1) is 4.91 Å². The number of benzene rings is 3. The number of halogens is 4. The van der Waals surface area contributed by atoms with E-state index in [0.29, 0.717) is 38.5 Å². The predicted molar refractivity (Wildman–Crippen MR) is 160 cm³/mol. The van der Waals surface area contributed by atoms with Gasteiger partial charge in [-0.05, 0) is 60.0 Å². The maximum atomic E-state index is 12.9. The zero-order valence-corrected chi connectivity index (χ0v) is 24.2. The molecule has 0 saturated carbocycles. The van der Waals surface area contributed by atoms with Crippen LogP contribution in [0.5, 0.6) is 5.75 Å². The molecule has 1 aliphatic heterocycles. The first-order chi connectivity index (χ1) is 18.1. The highest BCUT2D eigenvalue weighted by atomic mass is 35.6. The molecule has 1 saturated heterocycles. The molecule has 1 heterocycles. The summed E-state index contributed by atoms with van der Waals surface area (Å²) in [5.74, 6) is -0.272. The predicted octanol–water partition coefficient (Wildman–Crippen LogP) is 7.29. The fourth-order valence-electron chi connectivity index (χ4n) is 3.49. The van der Waals surface area contributed by atoms with E-state index in [9.17, 15) is 9.59 Å². The molecule has 0 aromatic heterocycles. The number of rotatable bonds is 8. The Labute approximate surface area is 250 Å². The quantitative estimate of drug-likeness (QED) is 0.123. The Morgan fingerprint density at radius 2 is 1.68 bits per heavy atom. The van der Waals surface area contributed by atoms with Crippen LogP contribution in [-0.2, 0) is 11.2 Å². The highest BCUT2D eigenvalue weighted by Crippen LogP contribution is 2.34. The summed E-state index contributed by atoms with van der Waals surface area (Å²) in [5.41, 5.74) is 2.23. The number of thioether (sulfide) groups is 1. The summed E-state index contributed by atoms with van der Waals surface area (Å²) in [7, 11) is 0. The van der Waals surface area contributed by atoms with Crippen LogP contribution in [0.15, 0.2) is 83.8 Å². The van der Waals surface area contributed by atoms with Gasteiger partial charge in [-0.2, -0.15) is 0 Å². The number of carbonyl (C=O) groups is 2. The maximum absolute atomic E-state index is 12.9. The topological polar surface area (TPSA) is 58.6 Å². The molecule has 0 bridgehead atoms. The van der Waals surface area contributed by atoms with Gasteiger partial charge < -0.3 is 10.1 Å². The molecule has 1 aliphatic rings. The molecule has 0 spiro atoms. The summed E-state index contributed by atoms with van der Waals surface area (Å²) < 4.78 is 4.35. The number of nitrogens with zero attached hydrogens (tertiary/aromatic N) is 1. The van der Waals surface area contributed by atoms with Crippen molar-refractivity contribution < 1.29 is 14.3 Å². The van der Waals surface area contributed by atoms with Crippen LogP contribution >= 0.6 is 70.4 Å². The SMILES string of the molecule is O=C(NC(Oc1ccc(/C=C2\SC(=S)N(CCc3ccccc3)C2=O)cc1)C(Cl)(Cl)Cl)c1ccc(Cl)cc1. The van der Waals surface area contributed by atoms with Crippen LogP contribution in [0.25, 0.3) is 6.08 Å². The molecule has 0 aliphatic carbocycles. The molecule has 4 rings (SSSR count). The minimum absolute atomic E-state index is 0.127. The largest absolute Gasteiger partial charge is 0.466 e. The highest BCUT2D eigenvalue weighted by molar-refractivity contribution is 8.26. The van der Waals surface area contributed by atoms with E-state index in [1.54, 1.807) is 59.5 Å². The molecule has 1 atom stereocenters. The van der Waals surface area contributed by atoms with Crippen molar-refractivity contribution in [3.63, 3.8) is 0 Å². The number of thiocarbonyl (C=S) groups is 1. The van der Waals surface area contributed by atoms with E-state index >= 15 is 0 Å². The van der Waals surface area contributed by atoms with E-state index in [4.69, 9.17) is 63.4 Å². The standard InChI is InChI=1S/C27H20Cl4N2O3S2/c28-20-10-8-19(9-11-20)23(34)32-25(27(29,30)31)36-21-12-6-18(7-13-21)16-22-24(35)33(26(37)38-22)15-14-17-4-2-1-3-5-17/h1-13,16,25H,14-15H2,(H,32,34)/b22-16-. The minimum Gasteiger partial charge on any atom is -0.466 e. The van der Waals surface area contributed by atoms with Crippen molar-refractivity contribution in [3.05, 3.63) is 105 Å². The zero-order valence-electron chi connectivity index (χ0n) is 19.6. The van der Waals surface area contributed by atoms with E-state index in [2.05, 4.69) is 5.32 Å². The average molecular weight is 626 g/mol. The van der Waals surface area contributed by atoms with E-state index < -0.39 is 15.9 Å². The summed E-state index contributed by atoms with van der Waals surface area (Å²) in [6, 6.07) is 23.0. The molecule has 3 aromatic rings. The molecule has 0 radical (unpaired) electrons. The van der Waals surface area contributed by atoms with E-state index in [-0.39, 0.29) is 5.91 Å². The lowest BCUT2D eigenvalue weighted by molar-refractivity contribution is -0.122. The van der Waals surface area contributed by atoms with Gasteiger partial charge in [-0.15, -0.1) is 0 Å². The molecule has 3 aromatic carbocycles. The second kappa shape index (κ2) is 12.7. The van der Waals surface area contributed by atoms with Gasteiger partial charge in [0.1, 0.15) is 10.1 Å². The summed E-state index contributed by atoms with van der Waals surface area (Å²) in [6.07, 6.45) is 1.20. The maximum Gasteiger partial charge on any atom is 0.266 e. The van der Waals surface area contributed by atoms with Crippen LogP contribution in [0.1, 0.15) is 21.5 Å². The Balaban J connectivity index is 1.40. The van der Waals surface area contributed by atoms with Gasteiger partial charge in [0.25, 0.3) is 11.8 Å². The zero-order chi connectivity index (χ0) is 27.3. The van der Waals surface area contributed by atoms with Crippen LogP contribution in [-0.4, -0.2) is 37.6 Å². The number of amides is 2. The Kier molecular flexibility index (Phi) is 9.63. The number of carbonyl (C=O) groups excluding carboxylic acids is 2. The van der Waals surface area contributed by atoms with Crippen molar-refractivity contribution >= 4 is 92.6 Å². The molecule has 196 valence electrons. The van der Waals surface area contributed by atoms with Crippen LogP contribution in [0, 0.1) is 0 Å². The van der Waals surface area contributed by atoms with Gasteiger partial charge >= 0.3 is 0 Å². The Morgan fingerprint density at radius 1 is 1.03 bits per heavy atom. The molecule has 1 unspecified atom stereocenters. The van der Waals surface area contributed by atoms with Gasteiger partial charge in [0, 0.05) is 17.1 Å². The van der Waals surface area contributed by atoms with Crippen molar-refractivity contribution in [2.45, 2.75) is 16.4 Å². The van der Waals surface area contributed by atoms with Crippen molar-refractivity contribution in [1.82, 2.24) is 10.2 Å². The lowest BCUT2D eigenvalue weighted by Crippen LogP contribution is -2.47. The van der Waals surface area contributed by atoms with Gasteiger partial charge in [-0.3, -0.25) is 14.5 Å². The van der Waals surface area contributed by atoms with Crippen LogP contribution in [0.4, 0.5) is 0 Å². The minimum atomic E-state index is -1.95. The third-order valence-corrected chi connectivity index (χ3v) is 7.66. The van der Waals surface area contributed by atoms with Gasteiger partial charge in [0.15, 0.2) is 0 Å². The first-order valence-electron chi connectivity index (χ1n) is 11.3. The molecule has 5 nitrogen and oxygen atoms in total. The first kappa shape index (κ1) is 28.7. The summed E-state index contributed by atoms with van der Waals surface area (Å²) in [5, 5.41) is 3.06. The summed E-state index contributed by atoms with van der Waals surface area (Å²) in [6.45, 7) is 0.513. The van der Waals surface area contributed by atoms with Crippen molar-refractivity contribution in [3.8, 4) is 5.75 Å². The van der Waals surface area contributed by atoms with Crippen LogP contribution in [0.3, 0.4) is 0 Å². The highest BCUT2D eigenvalue weighted by Gasteiger charge is 2.36. The lowest BCUT2D eigenvalue weighted by atomic mass is 10.1. The Bertz CT molecular complexity index is 1350. The molecular formula is C27H20Cl4N2O3S2. The number of ether oxygens (including phenoxy) is 1. The van der Waals surface area contributed by atoms with Crippen LogP contribution < -0.4 is 10.1 Å². The van der Waals surface area contributed by atoms with Crippen molar-refractivity contribution in [2.75, 3.05) is 6.54 Å². The molecule has 38 heavy (non-hydrogen) atoms. The van der Waals surface area contributed by atoms with E-state index in [1.807, 2.05) is 30.3 Å². The molecule has 1 N–H and O–H groups in total. The molecular weight excluding hydrogens is 606 g/mol. The summed E-state index contributed by atoms with van der Waals surface area (Å²) >= 11 is 30.8. The second-order valence-corrected chi connectivity index (χ2v) is 12.6. The summed E-state index contributed by atoms with van der Waals surface area (Å²) in [4.78, 5) is 27.7. The van der Waals surface area contributed by atoms with Crippen molar-refractivity contribution in [1.29, 1.82) is 0 Å². The smallest absolute Gasteiger partial charge is 0.266 e. The van der Waals surface area contributed by atoms with Gasteiger partial charge in [-0.25, -0.2) is 0 Å². The molecule has 2 amide bonds. The molecule has 11 heteroatoms. The van der Waals surface area contributed by atoms with E-state index in [0.717, 1.165) is 11.1 Å². The average Bonchev–Trinajstić information content (AvgIpc) is 3.15. The van der Waals surface area contributed by atoms with Crippen LogP contribution in [0.2, 0.25) is 5.02 Å². The Hall–Kier alpha value is -2.26. The first-order valence-corrected chi connectivity index (χ1v) is 14.0. The third-order valence-electron chi connectivity index (χ3n) is 5.44. The van der Waals surface area contributed by atoms with Gasteiger partial charge in [-0.1, -0.05) is 113 Å². The fourth-order valence-corrected chi connectivity index (χ4v) is 5.22. The number of hydrogen-bond donors (Lipinski definition) is 1. The normalized spacial score (nSPS) is 15.6. The fraction of sp³-hybridized carbons (Fsp3) is 0.148. The number of hydrogen-bond acceptors (Lipinski definition) is 5.